The van der Waals surface area contributed by atoms with Crippen molar-refractivity contribution < 1.29 is 4.39 Å². The first-order valence-electron chi connectivity index (χ1n) is 5.84. The lowest BCUT2D eigenvalue weighted by atomic mass is 9.78. The lowest BCUT2D eigenvalue weighted by Crippen LogP contribution is -2.53. The Morgan fingerprint density at radius 2 is 2.19 bits per heavy atom. The Morgan fingerprint density at radius 3 is 2.81 bits per heavy atom. The lowest BCUT2D eigenvalue weighted by Gasteiger charge is -2.38. The van der Waals surface area contributed by atoms with E-state index in [0.29, 0.717) is 6.54 Å². The van der Waals surface area contributed by atoms with Crippen LogP contribution in [0.2, 0.25) is 0 Å². The standard InChI is InChI=1S/C13H19FN2/c1-10-3-4-12(14)7-11(10)8-16-9-13(15)5-2-6-13/h3-4,7,16H,2,5-6,8-9,15H2,1H3. The molecule has 0 atom stereocenters. The molecule has 1 aromatic carbocycles. The maximum atomic E-state index is 13.0. The van der Waals surface area contributed by atoms with Gasteiger partial charge >= 0.3 is 0 Å². The minimum atomic E-state index is -0.173. The number of hydrogen-bond acceptors (Lipinski definition) is 2. The SMILES string of the molecule is Cc1ccc(F)cc1CNCC1(N)CCC1. The monoisotopic (exact) mass is 222 g/mol. The molecule has 2 nitrogen and oxygen atoms in total. The van der Waals surface area contributed by atoms with E-state index in [9.17, 15) is 4.39 Å². The van der Waals surface area contributed by atoms with Crippen LogP contribution >= 0.6 is 0 Å². The lowest BCUT2D eigenvalue weighted by molar-refractivity contribution is 0.239. The van der Waals surface area contributed by atoms with Gasteiger partial charge in [-0.3, -0.25) is 0 Å². The Balaban J connectivity index is 1.87. The molecule has 0 aliphatic heterocycles. The highest BCUT2D eigenvalue weighted by Crippen LogP contribution is 2.28. The number of nitrogens with two attached hydrogens (primary N) is 1. The van der Waals surface area contributed by atoms with Crippen molar-refractivity contribution in [2.75, 3.05) is 6.54 Å². The van der Waals surface area contributed by atoms with E-state index in [1.165, 1.54) is 12.5 Å². The second-order valence-corrected chi connectivity index (χ2v) is 4.89. The summed E-state index contributed by atoms with van der Waals surface area (Å²) in [5.41, 5.74) is 8.22. The fourth-order valence-electron chi connectivity index (χ4n) is 2.08. The van der Waals surface area contributed by atoms with E-state index in [1.807, 2.05) is 13.0 Å². The van der Waals surface area contributed by atoms with Crippen molar-refractivity contribution >= 4 is 0 Å². The van der Waals surface area contributed by atoms with Crippen molar-refractivity contribution in [1.82, 2.24) is 5.32 Å². The zero-order valence-electron chi connectivity index (χ0n) is 9.72. The highest BCUT2D eigenvalue weighted by Gasteiger charge is 2.31. The van der Waals surface area contributed by atoms with Crippen molar-refractivity contribution in [3.63, 3.8) is 0 Å². The molecule has 2 rings (SSSR count). The van der Waals surface area contributed by atoms with E-state index in [1.54, 1.807) is 6.07 Å². The Kier molecular flexibility index (Phi) is 3.26. The number of rotatable bonds is 4. The molecule has 1 aromatic rings. The van der Waals surface area contributed by atoms with Gasteiger partial charge in [-0.1, -0.05) is 6.07 Å². The van der Waals surface area contributed by atoms with Gasteiger partial charge in [-0.25, -0.2) is 4.39 Å². The fourth-order valence-corrected chi connectivity index (χ4v) is 2.08. The van der Waals surface area contributed by atoms with Crippen LogP contribution < -0.4 is 11.1 Å². The summed E-state index contributed by atoms with van der Waals surface area (Å²) < 4.78 is 13.0. The van der Waals surface area contributed by atoms with Crippen LogP contribution in [0.5, 0.6) is 0 Å². The first-order valence-corrected chi connectivity index (χ1v) is 5.84. The summed E-state index contributed by atoms with van der Waals surface area (Å²) in [6, 6.07) is 4.90. The van der Waals surface area contributed by atoms with E-state index in [-0.39, 0.29) is 11.4 Å². The normalized spacial score (nSPS) is 18.2. The molecule has 0 aromatic heterocycles. The maximum Gasteiger partial charge on any atom is 0.123 e. The summed E-state index contributed by atoms with van der Waals surface area (Å²) >= 11 is 0. The number of nitrogens with one attached hydrogen (secondary N) is 1. The molecule has 1 saturated carbocycles. The second-order valence-electron chi connectivity index (χ2n) is 4.89. The Hall–Kier alpha value is -0.930. The summed E-state index contributed by atoms with van der Waals surface area (Å²) in [7, 11) is 0. The minimum Gasteiger partial charge on any atom is -0.324 e. The van der Waals surface area contributed by atoms with Crippen LogP contribution in [0.15, 0.2) is 18.2 Å². The topological polar surface area (TPSA) is 38.0 Å². The van der Waals surface area contributed by atoms with Crippen molar-refractivity contribution in [3.05, 3.63) is 35.1 Å². The highest BCUT2D eigenvalue weighted by molar-refractivity contribution is 5.26. The molecule has 0 unspecified atom stereocenters. The average Bonchev–Trinajstić information content (AvgIpc) is 2.21. The molecule has 3 N–H and O–H groups in total. The van der Waals surface area contributed by atoms with Crippen LogP contribution in [0, 0.1) is 12.7 Å². The van der Waals surface area contributed by atoms with E-state index in [2.05, 4.69) is 5.32 Å². The van der Waals surface area contributed by atoms with Gasteiger partial charge in [0.15, 0.2) is 0 Å². The van der Waals surface area contributed by atoms with E-state index < -0.39 is 0 Å². The van der Waals surface area contributed by atoms with Crippen LogP contribution in [0.1, 0.15) is 30.4 Å². The van der Waals surface area contributed by atoms with Crippen LogP contribution in [-0.4, -0.2) is 12.1 Å². The molecule has 0 saturated heterocycles. The van der Waals surface area contributed by atoms with E-state index >= 15 is 0 Å². The van der Waals surface area contributed by atoms with Gasteiger partial charge in [0.1, 0.15) is 5.82 Å². The number of hydrogen-bond donors (Lipinski definition) is 2. The first-order chi connectivity index (χ1) is 7.59. The molecule has 0 heterocycles. The molecule has 0 radical (unpaired) electrons. The molecule has 0 spiro atoms. The third-order valence-electron chi connectivity index (χ3n) is 3.45. The minimum absolute atomic E-state index is 0.0127. The van der Waals surface area contributed by atoms with Crippen LogP contribution in [0.25, 0.3) is 0 Å². The molecular formula is C13H19FN2. The van der Waals surface area contributed by atoms with Crippen molar-refractivity contribution in [2.24, 2.45) is 5.73 Å². The van der Waals surface area contributed by atoms with Gasteiger partial charge in [0.25, 0.3) is 0 Å². The van der Waals surface area contributed by atoms with Gasteiger partial charge in [0.2, 0.25) is 0 Å². The summed E-state index contributed by atoms with van der Waals surface area (Å²) in [4.78, 5) is 0. The van der Waals surface area contributed by atoms with E-state index in [0.717, 1.165) is 30.5 Å². The number of aryl methyl sites for hydroxylation is 1. The van der Waals surface area contributed by atoms with Crippen molar-refractivity contribution in [3.8, 4) is 0 Å². The van der Waals surface area contributed by atoms with Gasteiger partial charge < -0.3 is 11.1 Å². The third kappa shape index (κ3) is 2.60. The molecule has 1 fully saturated rings. The van der Waals surface area contributed by atoms with Crippen LogP contribution in [0.4, 0.5) is 4.39 Å². The van der Waals surface area contributed by atoms with Gasteiger partial charge in [-0.05, 0) is 49.4 Å². The largest absolute Gasteiger partial charge is 0.324 e. The number of halogens is 1. The molecule has 3 heteroatoms. The molecule has 0 amide bonds. The smallest absolute Gasteiger partial charge is 0.123 e. The zero-order chi connectivity index (χ0) is 11.6. The predicted molar refractivity (Wildman–Crippen MR) is 63.6 cm³/mol. The van der Waals surface area contributed by atoms with Crippen LogP contribution in [0.3, 0.4) is 0 Å². The van der Waals surface area contributed by atoms with Gasteiger partial charge in [0, 0.05) is 18.6 Å². The van der Waals surface area contributed by atoms with Gasteiger partial charge in [-0.2, -0.15) is 0 Å². The van der Waals surface area contributed by atoms with Crippen molar-refractivity contribution in [1.29, 1.82) is 0 Å². The summed E-state index contributed by atoms with van der Waals surface area (Å²) in [6.45, 7) is 3.52. The zero-order valence-corrected chi connectivity index (χ0v) is 9.72. The quantitative estimate of drug-likeness (QED) is 0.818. The predicted octanol–water partition coefficient (Wildman–Crippen LogP) is 2.11. The number of benzene rings is 1. The van der Waals surface area contributed by atoms with Gasteiger partial charge in [0.05, 0.1) is 0 Å². The average molecular weight is 222 g/mol. The molecule has 0 bridgehead atoms. The molecule has 1 aliphatic rings. The van der Waals surface area contributed by atoms with Gasteiger partial charge in [-0.15, -0.1) is 0 Å². The second kappa shape index (κ2) is 4.52. The molecule has 1 aliphatic carbocycles. The molecule has 88 valence electrons. The third-order valence-corrected chi connectivity index (χ3v) is 3.45. The summed E-state index contributed by atoms with van der Waals surface area (Å²) in [6.07, 6.45) is 3.43. The van der Waals surface area contributed by atoms with E-state index in [4.69, 9.17) is 5.73 Å². The maximum absolute atomic E-state index is 13.0. The fraction of sp³-hybridized carbons (Fsp3) is 0.538. The van der Waals surface area contributed by atoms with Crippen LogP contribution in [-0.2, 0) is 6.54 Å². The molecule has 16 heavy (non-hydrogen) atoms. The Bertz CT molecular complexity index is 372. The van der Waals surface area contributed by atoms with Crippen molar-refractivity contribution in [2.45, 2.75) is 38.3 Å². The highest BCUT2D eigenvalue weighted by atomic mass is 19.1. The Labute approximate surface area is 96.0 Å². The first kappa shape index (κ1) is 11.6. The summed E-state index contributed by atoms with van der Waals surface area (Å²) in [5, 5.41) is 3.32. The molecular weight excluding hydrogens is 203 g/mol. The Morgan fingerprint density at radius 1 is 1.44 bits per heavy atom. The summed E-state index contributed by atoms with van der Waals surface area (Å²) in [5.74, 6) is -0.173.